The number of hydrogen-bond donors (Lipinski definition) is 1. The van der Waals surface area contributed by atoms with Crippen LogP contribution in [0.25, 0.3) is 0 Å². The van der Waals surface area contributed by atoms with Crippen molar-refractivity contribution in [1.82, 2.24) is 10.1 Å². The van der Waals surface area contributed by atoms with Gasteiger partial charge in [0.1, 0.15) is 6.10 Å². The van der Waals surface area contributed by atoms with Crippen molar-refractivity contribution in [2.45, 2.75) is 32.4 Å². The molecule has 0 aliphatic carbocycles. The lowest BCUT2D eigenvalue weighted by atomic mass is 10.0. The van der Waals surface area contributed by atoms with Crippen molar-refractivity contribution < 1.29 is 14.0 Å². The van der Waals surface area contributed by atoms with Gasteiger partial charge in [0.25, 0.3) is 0 Å². The molecule has 2 N–H and O–H groups in total. The van der Waals surface area contributed by atoms with Gasteiger partial charge in [0.05, 0.1) is 19.8 Å². The predicted octanol–water partition coefficient (Wildman–Crippen LogP) is 0.683. The van der Waals surface area contributed by atoms with E-state index in [1.165, 1.54) is 0 Å². The number of aromatic nitrogens is 2. The average Bonchev–Trinajstić information content (AvgIpc) is 2.78. The molecule has 0 bridgehead atoms. The summed E-state index contributed by atoms with van der Waals surface area (Å²) < 4.78 is 15.9. The molecule has 6 heteroatoms. The van der Waals surface area contributed by atoms with E-state index < -0.39 is 0 Å². The molecule has 1 fully saturated rings. The molecule has 2 unspecified atom stereocenters. The van der Waals surface area contributed by atoms with Gasteiger partial charge in [-0.2, -0.15) is 4.98 Å². The Kier molecular flexibility index (Phi) is 4.09. The van der Waals surface area contributed by atoms with Crippen LogP contribution in [-0.4, -0.2) is 36.0 Å². The van der Waals surface area contributed by atoms with Crippen LogP contribution in [0.4, 0.5) is 0 Å². The standard InChI is InChI=1S/C11H19N3O3/c1-7(2)8(12)5-10-13-11(14-17-10)9-6-15-3-4-16-9/h7-9H,3-6,12H2,1-2H3. The third-order valence-corrected chi connectivity index (χ3v) is 2.85. The van der Waals surface area contributed by atoms with Crippen LogP contribution >= 0.6 is 0 Å². The van der Waals surface area contributed by atoms with Crippen LogP contribution in [0.5, 0.6) is 0 Å². The second-order valence-electron chi connectivity index (χ2n) is 4.59. The highest BCUT2D eigenvalue weighted by molar-refractivity contribution is 4.94. The van der Waals surface area contributed by atoms with Crippen LogP contribution in [-0.2, 0) is 15.9 Å². The highest BCUT2D eigenvalue weighted by atomic mass is 16.6. The molecule has 1 aliphatic heterocycles. The molecular weight excluding hydrogens is 222 g/mol. The predicted molar refractivity (Wildman–Crippen MR) is 60.3 cm³/mol. The first kappa shape index (κ1) is 12.5. The normalized spacial score (nSPS) is 22.9. The smallest absolute Gasteiger partial charge is 0.228 e. The fourth-order valence-electron chi connectivity index (χ4n) is 1.56. The lowest BCUT2D eigenvalue weighted by molar-refractivity contribution is -0.0941. The summed E-state index contributed by atoms with van der Waals surface area (Å²) >= 11 is 0. The molecule has 0 amide bonds. The van der Waals surface area contributed by atoms with Crippen molar-refractivity contribution in [1.29, 1.82) is 0 Å². The maximum atomic E-state index is 5.95. The van der Waals surface area contributed by atoms with Gasteiger partial charge in [-0.25, -0.2) is 0 Å². The van der Waals surface area contributed by atoms with E-state index in [2.05, 4.69) is 24.0 Å². The van der Waals surface area contributed by atoms with E-state index in [1.54, 1.807) is 0 Å². The molecule has 2 heterocycles. The van der Waals surface area contributed by atoms with Crippen molar-refractivity contribution in [3.05, 3.63) is 11.7 Å². The molecule has 0 spiro atoms. The topological polar surface area (TPSA) is 83.4 Å². The monoisotopic (exact) mass is 241 g/mol. The van der Waals surface area contributed by atoms with Crippen molar-refractivity contribution in [3.8, 4) is 0 Å². The summed E-state index contributed by atoms with van der Waals surface area (Å²) in [4.78, 5) is 4.29. The summed E-state index contributed by atoms with van der Waals surface area (Å²) in [7, 11) is 0. The molecule has 17 heavy (non-hydrogen) atoms. The Morgan fingerprint density at radius 1 is 1.41 bits per heavy atom. The molecule has 1 aromatic heterocycles. The van der Waals surface area contributed by atoms with Gasteiger partial charge < -0.3 is 19.7 Å². The van der Waals surface area contributed by atoms with Gasteiger partial charge in [0, 0.05) is 12.5 Å². The molecule has 1 aliphatic rings. The molecule has 2 atom stereocenters. The summed E-state index contributed by atoms with van der Waals surface area (Å²) in [5.74, 6) is 1.51. The highest BCUT2D eigenvalue weighted by Gasteiger charge is 2.23. The minimum atomic E-state index is -0.212. The quantitative estimate of drug-likeness (QED) is 0.834. The van der Waals surface area contributed by atoms with Crippen molar-refractivity contribution in [2.24, 2.45) is 11.7 Å². The Balaban J connectivity index is 1.95. The first-order chi connectivity index (χ1) is 8.16. The summed E-state index contributed by atoms with van der Waals surface area (Å²) in [6.07, 6.45) is 0.384. The zero-order valence-electron chi connectivity index (χ0n) is 10.3. The minimum absolute atomic E-state index is 0.0341. The van der Waals surface area contributed by atoms with Gasteiger partial charge in [-0.3, -0.25) is 0 Å². The highest BCUT2D eigenvalue weighted by Crippen LogP contribution is 2.18. The summed E-state index contributed by atoms with van der Waals surface area (Å²) in [6, 6.07) is 0.0341. The summed E-state index contributed by atoms with van der Waals surface area (Å²) in [6.45, 7) is 5.81. The van der Waals surface area contributed by atoms with Gasteiger partial charge in [-0.1, -0.05) is 19.0 Å². The lowest BCUT2D eigenvalue weighted by Gasteiger charge is -2.19. The van der Waals surface area contributed by atoms with Crippen molar-refractivity contribution >= 4 is 0 Å². The van der Waals surface area contributed by atoms with E-state index in [1.807, 2.05) is 0 Å². The maximum absolute atomic E-state index is 5.95. The van der Waals surface area contributed by atoms with Gasteiger partial charge >= 0.3 is 0 Å². The largest absolute Gasteiger partial charge is 0.376 e. The number of ether oxygens (including phenoxy) is 2. The Hall–Kier alpha value is -0.980. The number of nitrogens with two attached hydrogens (primary N) is 1. The van der Waals surface area contributed by atoms with Gasteiger partial charge in [0.2, 0.25) is 11.7 Å². The third-order valence-electron chi connectivity index (χ3n) is 2.85. The van der Waals surface area contributed by atoms with Crippen LogP contribution in [0.15, 0.2) is 4.52 Å². The van der Waals surface area contributed by atoms with E-state index in [-0.39, 0.29) is 12.1 Å². The molecule has 0 saturated carbocycles. The van der Waals surface area contributed by atoms with Crippen molar-refractivity contribution in [3.63, 3.8) is 0 Å². The van der Waals surface area contributed by atoms with E-state index in [0.717, 1.165) is 0 Å². The van der Waals surface area contributed by atoms with Crippen LogP contribution in [0.1, 0.15) is 31.7 Å². The number of hydrogen-bond acceptors (Lipinski definition) is 6. The molecular formula is C11H19N3O3. The van der Waals surface area contributed by atoms with Gasteiger partial charge in [-0.05, 0) is 5.92 Å². The molecule has 0 radical (unpaired) electrons. The molecule has 96 valence electrons. The molecule has 6 nitrogen and oxygen atoms in total. The molecule has 0 aromatic carbocycles. The summed E-state index contributed by atoms with van der Waals surface area (Å²) in [5, 5.41) is 3.91. The maximum Gasteiger partial charge on any atom is 0.228 e. The minimum Gasteiger partial charge on any atom is -0.376 e. The SMILES string of the molecule is CC(C)C(N)Cc1nc(C2COCCO2)no1. The van der Waals surface area contributed by atoms with Crippen LogP contribution in [0.2, 0.25) is 0 Å². The Morgan fingerprint density at radius 2 is 2.24 bits per heavy atom. The average molecular weight is 241 g/mol. The van der Waals surface area contributed by atoms with E-state index in [9.17, 15) is 0 Å². The molecule has 2 rings (SSSR count). The summed E-state index contributed by atoms with van der Waals surface area (Å²) in [5.41, 5.74) is 5.95. The fourth-order valence-corrected chi connectivity index (χ4v) is 1.56. The Labute approximate surface area is 100 Å². The molecule has 1 saturated heterocycles. The van der Waals surface area contributed by atoms with Crippen molar-refractivity contribution in [2.75, 3.05) is 19.8 Å². The van der Waals surface area contributed by atoms with E-state index in [4.69, 9.17) is 19.7 Å². The third kappa shape index (κ3) is 3.24. The van der Waals surface area contributed by atoms with Crippen LogP contribution in [0, 0.1) is 5.92 Å². The number of nitrogens with zero attached hydrogens (tertiary/aromatic N) is 2. The second-order valence-corrected chi connectivity index (χ2v) is 4.59. The lowest BCUT2D eigenvalue weighted by Crippen LogP contribution is -2.29. The zero-order chi connectivity index (χ0) is 12.3. The second kappa shape index (κ2) is 5.57. The first-order valence-corrected chi connectivity index (χ1v) is 5.94. The zero-order valence-corrected chi connectivity index (χ0v) is 10.3. The van der Waals surface area contributed by atoms with Gasteiger partial charge in [-0.15, -0.1) is 0 Å². The van der Waals surface area contributed by atoms with Crippen LogP contribution < -0.4 is 5.73 Å². The first-order valence-electron chi connectivity index (χ1n) is 5.94. The van der Waals surface area contributed by atoms with Gasteiger partial charge in [0.15, 0.2) is 0 Å². The Morgan fingerprint density at radius 3 is 2.88 bits per heavy atom. The Bertz CT molecular complexity index is 347. The molecule has 1 aromatic rings. The number of rotatable bonds is 4. The fraction of sp³-hybridized carbons (Fsp3) is 0.818. The van der Waals surface area contributed by atoms with E-state index in [0.29, 0.717) is 43.9 Å². The van der Waals surface area contributed by atoms with Crippen LogP contribution in [0.3, 0.4) is 0 Å². The van der Waals surface area contributed by atoms with E-state index >= 15 is 0 Å².